The molecule has 8 heteroatoms. The molecule has 0 aromatic carbocycles. The van der Waals surface area contributed by atoms with Crippen LogP contribution in [0.2, 0.25) is 0 Å². The molecule has 1 fully saturated rings. The predicted molar refractivity (Wildman–Crippen MR) is 122 cm³/mol. The van der Waals surface area contributed by atoms with Gasteiger partial charge in [-0.25, -0.2) is 15.0 Å². The summed E-state index contributed by atoms with van der Waals surface area (Å²) in [6, 6.07) is 0. The first-order valence-electron chi connectivity index (χ1n) is 10.7. The lowest BCUT2D eigenvalue weighted by Gasteiger charge is -2.11. The lowest BCUT2D eigenvalue weighted by molar-refractivity contribution is -0.119. The van der Waals surface area contributed by atoms with Gasteiger partial charge in [0.05, 0.1) is 22.1 Å². The number of hydrogen-bond donors (Lipinski definition) is 1. The average Bonchev–Trinajstić information content (AvgIpc) is 3.48. The zero-order valence-corrected chi connectivity index (χ0v) is 19.0. The third-order valence-corrected chi connectivity index (χ3v) is 8.11. The summed E-state index contributed by atoms with van der Waals surface area (Å²) >= 11 is 3.14. The van der Waals surface area contributed by atoms with Crippen LogP contribution >= 0.6 is 23.1 Å². The van der Waals surface area contributed by atoms with E-state index in [4.69, 9.17) is 9.72 Å². The van der Waals surface area contributed by atoms with Gasteiger partial charge in [0.25, 0.3) is 0 Å². The van der Waals surface area contributed by atoms with E-state index in [1.165, 1.54) is 40.4 Å². The normalized spacial score (nSPS) is 18.6. The highest BCUT2D eigenvalue weighted by Crippen LogP contribution is 2.42. The Balaban J connectivity index is 1.42. The summed E-state index contributed by atoms with van der Waals surface area (Å²) in [5.41, 5.74) is 5.09. The lowest BCUT2D eigenvalue weighted by atomic mass is 9.99. The van der Waals surface area contributed by atoms with Gasteiger partial charge in [0.15, 0.2) is 0 Å². The SMILES string of the molecule is CC(C)c1nc2sc3c(SCC(=O)NCC4CCCO4)ncnc3c2c2c1CCC2. The molecular weight excluding hydrogens is 416 g/mol. The number of hydrogen-bond acceptors (Lipinski definition) is 7. The molecule has 6 nitrogen and oxygen atoms in total. The van der Waals surface area contributed by atoms with Gasteiger partial charge in [0, 0.05) is 24.2 Å². The van der Waals surface area contributed by atoms with Crippen LogP contribution in [0.5, 0.6) is 0 Å². The van der Waals surface area contributed by atoms with Crippen molar-refractivity contribution in [2.75, 3.05) is 18.9 Å². The number of thioether (sulfide) groups is 1. The molecule has 1 aliphatic heterocycles. The van der Waals surface area contributed by atoms with Crippen molar-refractivity contribution < 1.29 is 9.53 Å². The molecule has 1 N–H and O–H groups in total. The molecular formula is C22H26N4O2S2. The number of fused-ring (bicyclic) bond motifs is 5. The van der Waals surface area contributed by atoms with E-state index in [9.17, 15) is 4.79 Å². The molecule has 2 aliphatic rings. The average molecular weight is 443 g/mol. The van der Waals surface area contributed by atoms with Gasteiger partial charge in [-0.3, -0.25) is 4.79 Å². The van der Waals surface area contributed by atoms with E-state index < -0.39 is 0 Å². The number of carbonyl (C=O) groups is 1. The minimum absolute atomic E-state index is 0.0180. The number of aryl methyl sites for hydroxylation is 1. The Hall–Kier alpha value is -1.77. The summed E-state index contributed by atoms with van der Waals surface area (Å²) in [5.74, 6) is 0.777. The van der Waals surface area contributed by atoms with Crippen LogP contribution in [0.3, 0.4) is 0 Å². The number of carbonyl (C=O) groups excluding carboxylic acids is 1. The topological polar surface area (TPSA) is 77.0 Å². The Morgan fingerprint density at radius 1 is 1.30 bits per heavy atom. The van der Waals surface area contributed by atoms with Gasteiger partial charge < -0.3 is 10.1 Å². The number of thiophene rings is 1. The maximum atomic E-state index is 12.3. The van der Waals surface area contributed by atoms with Crippen molar-refractivity contribution in [3.05, 3.63) is 23.1 Å². The highest BCUT2D eigenvalue weighted by atomic mass is 32.2. The standard InChI is InChI=1S/C22H26N4O2S2/c1-12(2)18-15-7-3-6-14(15)17-19-20(30-21(17)26-18)22(25-11-24-19)29-10-16(27)23-9-13-5-4-8-28-13/h11-13H,3-10H2,1-2H3,(H,23,27). The molecule has 1 unspecified atom stereocenters. The lowest BCUT2D eigenvalue weighted by Crippen LogP contribution is -2.32. The van der Waals surface area contributed by atoms with Gasteiger partial charge in [-0.1, -0.05) is 25.6 Å². The first kappa shape index (κ1) is 20.2. The van der Waals surface area contributed by atoms with Gasteiger partial charge in [-0.15, -0.1) is 11.3 Å². The van der Waals surface area contributed by atoms with Gasteiger partial charge >= 0.3 is 0 Å². The molecule has 1 amide bonds. The molecule has 158 valence electrons. The largest absolute Gasteiger partial charge is 0.376 e. The number of pyridine rings is 1. The minimum Gasteiger partial charge on any atom is -0.376 e. The molecule has 1 saturated heterocycles. The summed E-state index contributed by atoms with van der Waals surface area (Å²) in [4.78, 5) is 27.5. The van der Waals surface area contributed by atoms with E-state index in [1.54, 1.807) is 17.7 Å². The second kappa shape index (κ2) is 8.40. The van der Waals surface area contributed by atoms with Crippen molar-refractivity contribution in [1.29, 1.82) is 0 Å². The molecule has 3 aromatic rings. The van der Waals surface area contributed by atoms with Crippen LogP contribution in [0.4, 0.5) is 0 Å². The van der Waals surface area contributed by atoms with E-state index >= 15 is 0 Å². The van der Waals surface area contributed by atoms with Crippen molar-refractivity contribution in [3.8, 4) is 0 Å². The Morgan fingerprint density at radius 2 is 2.17 bits per heavy atom. The monoisotopic (exact) mass is 442 g/mol. The number of nitrogens with zero attached hydrogens (tertiary/aromatic N) is 3. The van der Waals surface area contributed by atoms with E-state index in [0.717, 1.165) is 52.4 Å². The molecule has 0 spiro atoms. The van der Waals surface area contributed by atoms with Crippen LogP contribution < -0.4 is 5.32 Å². The number of amides is 1. The van der Waals surface area contributed by atoms with E-state index in [2.05, 4.69) is 29.1 Å². The summed E-state index contributed by atoms with van der Waals surface area (Å²) in [7, 11) is 0. The third kappa shape index (κ3) is 3.69. The number of rotatable bonds is 6. The smallest absolute Gasteiger partial charge is 0.230 e. The zero-order chi connectivity index (χ0) is 20.7. The zero-order valence-electron chi connectivity index (χ0n) is 17.4. The third-order valence-electron chi connectivity index (χ3n) is 5.91. The summed E-state index contributed by atoms with van der Waals surface area (Å²) in [6.45, 7) is 5.83. The Morgan fingerprint density at radius 3 is 2.97 bits per heavy atom. The highest BCUT2D eigenvalue weighted by Gasteiger charge is 2.25. The van der Waals surface area contributed by atoms with Crippen molar-refractivity contribution in [2.24, 2.45) is 0 Å². The second-order valence-corrected chi connectivity index (χ2v) is 10.3. The molecule has 3 aromatic heterocycles. The summed E-state index contributed by atoms with van der Waals surface area (Å²) in [5, 5.41) is 5.06. The first-order chi connectivity index (χ1) is 14.6. The molecule has 0 bridgehead atoms. The van der Waals surface area contributed by atoms with Gasteiger partial charge in [0.1, 0.15) is 16.2 Å². The number of ether oxygens (including phenoxy) is 1. The Labute approximate surface area is 184 Å². The fourth-order valence-electron chi connectivity index (χ4n) is 4.50. The predicted octanol–water partition coefficient (Wildman–Crippen LogP) is 4.24. The molecule has 0 radical (unpaired) electrons. The summed E-state index contributed by atoms with van der Waals surface area (Å²) < 4.78 is 6.62. The van der Waals surface area contributed by atoms with E-state index in [1.807, 2.05) is 0 Å². The maximum Gasteiger partial charge on any atom is 0.230 e. The summed E-state index contributed by atoms with van der Waals surface area (Å²) in [6.07, 6.45) is 7.28. The fourth-order valence-corrected chi connectivity index (χ4v) is 6.58. The maximum absolute atomic E-state index is 12.3. The van der Waals surface area contributed by atoms with Crippen molar-refractivity contribution in [1.82, 2.24) is 20.3 Å². The van der Waals surface area contributed by atoms with Crippen LogP contribution in [-0.4, -0.2) is 45.9 Å². The quantitative estimate of drug-likeness (QED) is 0.455. The highest BCUT2D eigenvalue weighted by molar-refractivity contribution is 8.00. The van der Waals surface area contributed by atoms with E-state index in [-0.39, 0.29) is 12.0 Å². The van der Waals surface area contributed by atoms with Gasteiger partial charge in [-0.2, -0.15) is 0 Å². The van der Waals surface area contributed by atoms with Crippen LogP contribution in [0, 0.1) is 0 Å². The Kier molecular flexibility index (Phi) is 5.64. The van der Waals surface area contributed by atoms with Crippen LogP contribution in [-0.2, 0) is 22.4 Å². The number of nitrogens with one attached hydrogen (secondary N) is 1. The van der Waals surface area contributed by atoms with Gasteiger partial charge in [-0.05, 0) is 49.1 Å². The number of aromatic nitrogens is 3. The van der Waals surface area contributed by atoms with Crippen LogP contribution in [0.15, 0.2) is 11.4 Å². The first-order valence-corrected chi connectivity index (χ1v) is 12.5. The van der Waals surface area contributed by atoms with E-state index in [0.29, 0.717) is 18.2 Å². The molecule has 30 heavy (non-hydrogen) atoms. The molecule has 1 aliphatic carbocycles. The van der Waals surface area contributed by atoms with Gasteiger partial charge in [0.2, 0.25) is 5.91 Å². The minimum atomic E-state index is 0.0180. The molecule has 4 heterocycles. The van der Waals surface area contributed by atoms with Crippen molar-refractivity contribution in [2.45, 2.75) is 63.0 Å². The molecule has 5 rings (SSSR count). The second-order valence-electron chi connectivity index (χ2n) is 8.33. The molecule has 0 saturated carbocycles. The fraction of sp³-hybridized carbons (Fsp3) is 0.545. The van der Waals surface area contributed by atoms with Crippen LogP contribution in [0.1, 0.15) is 55.8 Å². The van der Waals surface area contributed by atoms with Crippen molar-refractivity contribution in [3.63, 3.8) is 0 Å². The Bertz CT molecular complexity index is 1110. The van der Waals surface area contributed by atoms with Crippen LogP contribution in [0.25, 0.3) is 20.4 Å². The van der Waals surface area contributed by atoms with Crippen molar-refractivity contribution >= 4 is 49.4 Å². The molecule has 1 atom stereocenters.